The monoisotopic (exact) mass is 339 g/mol. The van der Waals surface area contributed by atoms with Gasteiger partial charge in [0.25, 0.3) is 0 Å². The summed E-state index contributed by atoms with van der Waals surface area (Å²) in [5.74, 6) is -0.193. The van der Waals surface area contributed by atoms with E-state index in [-0.39, 0.29) is 11.8 Å². The molecule has 0 radical (unpaired) electrons. The zero-order valence-corrected chi connectivity index (χ0v) is 14.4. The number of Topliss-reactive ketones (excluding diaryl/α,β-unsaturated/α-hetero) is 1. The molecule has 1 aromatic heterocycles. The Hall–Kier alpha value is -2.53. The van der Waals surface area contributed by atoms with Crippen LogP contribution in [0, 0.1) is 0 Å². The van der Waals surface area contributed by atoms with Crippen molar-refractivity contribution in [1.82, 2.24) is 4.98 Å². The molecule has 0 N–H and O–H groups in total. The van der Waals surface area contributed by atoms with Crippen LogP contribution in [0.25, 0.3) is 20.8 Å². The SMILES string of the molecule is CCCC(=O)c1ccc2nc(-c3ccc(C(=O)OC)cc3)sc2c1. The van der Waals surface area contributed by atoms with Gasteiger partial charge in [0.2, 0.25) is 0 Å². The molecule has 0 spiro atoms. The van der Waals surface area contributed by atoms with Crippen LogP contribution in [-0.2, 0) is 4.74 Å². The maximum absolute atomic E-state index is 12.0. The van der Waals surface area contributed by atoms with Crippen molar-refractivity contribution in [1.29, 1.82) is 0 Å². The maximum atomic E-state index is 12.0. The van der Waals surface area contributed by atoms with Gasteiger partial charge in [0.05, 0.1) is 22.9 Å². The molecule has 0 fully saturated rings. The number of hydrogen-bond donors (Lipinski definition) is 0. The first-order valence-corrected chi connectivity index (χ1v) is 8.56. The van der Waals surface area contributed by atoms with E-state index in [1.807, 2.05) is 37.3 Å². The van der Waals surface area contributed by atoms with Gasteiger partial charge >= 0.3 is 5.97 Å². The lowest BCUT2D eigenvalue weighted by molar-refractivity contribution is 0.0600. The van der Waals surface area contributed by atoms with Crippen molar-refractivity contribution in [2.24, 2.45) is 0 Å². The Morgan fingerprint density at radius 1 is 1.08 bits per heavy atom. The molecule has 0 atom stereocenters. The Bertz CT molecular complexity index is 897. The van der Waals surface area contributed by atoms with Crippen molar-refractivity contribution >= 4 is 33.3 Å². The Labute approximate surface area is 144 Å². The van der Waals surface area contributed by atoms with Crippen molar-refractivity contribution < 1.29 is 14.3 Å². The van der Waals surface area contributed by atoms with E-state index in [1.165, 1.54) is 7.11 Å². The first-order valence-electron chi connectivity index (χ1n) is 7.75. The van der Waals surface area contributed by atoms with Gasteiger partial charge in [-0.3, -0.25) is 4.79 Å². The van der Waals surface area contributed by atoms with Crippen LogP contribution in [0.15, 0.2) is 42.5 Å². The van der Waals surface area contributed by atoms with Crippen molar-refractivity contribution in [2.75, 3.05) is 7.11 Å². The highest BCUT2D eigenvalue weighted by Crippen LogP contribution is 2.31. The first-order chi connectivity index (χ1) is 11.6. The molecule has 0 unspecified atom stereocenters. The summed E-state index contributed by atoms with van der Waals surface area (Å²) in [5.41, 5.74) is 3.06. The number of rotatable bonds is 5. The summed E-state index contributed by atoms with van der Waals surface area (Å²) in [6.07, 6.45) is 1.41. The van der Waals surface area contributed by atoms with E-state index in [0.717, 1.165) is 32.8 Å². The van der Waals surface area contributed by atoms with Crippen LogP contribution in [0.5, 0.6) is 0 Å². The van der Waals surface area contributed by atoms with Crippen molar-refractivity contribution in [3.05, 3.63) is 53.6 Å². The molecule has 0 amide bonds. The second-order valence-corrected chi connectivity index (χ2v) is 6.47. The van der Waals surface area contributed by atoms with Crippen LogP contribution < -0.4 is 0 Å². The van der Waals surface area contributed by atoms with Crippen LogP contribution in [0.3, 0.4) is 0 Å². The number of nitrogens with zero attached hydrogens (tertiary/aromatic N) is 1. The summed E-state index contributed by atoms with van der Waals surface area (Å²) in [6, 6.07) is 12.8. The highest BCUT2D eigenvalue weighted by molar-refractivity contribution is 7.21. The highest BCUT2D eigenvalue weighted by atomic mass is 32.1. The molecule has 24 heavy (non-hydrogen) atoms. The number of fused-ring (bicyclic) bond motifs is 1. The molecular weight excluding hydrogens is 322 g/mol. The van der Waals surface area contributed by atoms with Crippen LogP contribution in [0.2, 0.25) is 0 Å². The minimum Gasteiger partial charge on any atom is -0.465 e. The third-order valence-corrected chi connectivity index (χ3v) is 4.81. The molecule has 3 aromatic rings. The second kappa shape index (κ2) is 6.93. The summed E-state index contributed by atoms with van der Waals surface area (Å²) in [6.45, 7) is 2.00. The van der Waals surface area contributed by atoms with E-state index >= 15 is 0 Å². The number of aromatic nitrogens is 1. The Morgan fingerprint density at radius 3 is 2.46 bits per heavy atom. The quantitative estimate of drug-likeness (QED) is 0.498. The van der Waals surface area contributed by atoms with Gasteiger partial charge in [0.15, 0.2) is 5.78 Å². The number of methoxy groups -OCH3 is 1. The molecule has 2 aromatic carbocycles. The van der Waals surface area contributed by atoms with Crippen molar-refractivity contribution in [3.8, 4) is 10.6 Å². The Morgan fingerprint density at radius 2 is 1.79 bits per heavy atom. The fourth-order valence-electron chi connectivity index (χ4n) is 2.46. The fourth-order valence-corrected chi connectivity index (χ4v) is 3.47. The third kappa shape index (κ3) is 3.21. The predicted octanol–water partition coefficient (Wildman–Crippen LogP) is 4.73. The largest absolute Gasteiger partial charge is 0.465 e. The smallest absolute Gasteiger partial charge is 0.337 e. The third-order valence-electron chi connectivity index (χ3n) is 3.74. The van der Waals surface area contributed by atoms with E-state index in [1.54, 1.807) is 23.5 Å². The summed E-state index contributed by atoms with van der Waals surface area (Å²) in [5, 5.41) is 0.863. The molecule has 0 aliphatic carbocycles. The van der Waals surface area contributed by atoms with Gasteiger partial charge in [-0.1, -0.05) is 19.1 Å². The summed E-state index contributed by atoms with van der Waals surface area (Å²) in [4.78, 5) is 28.1. The molecule has 5 heteroatoms. The number of hydrogen-bond acceptors (Lipinski definition) is 5. The lowest BCUT2D eigenvalue weighted by Gasteiger charge is -2.00. The molecule has 122 valence electrons. The summed E-state index contributed by atoms with van der Waals surface area (Å²) >= 11 is 1.54. The molecule has 0 bridgehead atoms. The van der Waals surface area contributed by atoms with Crippen molar-refractivity contribution in [3.63, 3.8) is 0 Å². The zero-order valence-electron chi connectivity index (χ0n) is 13.5. The van der Waals surface area contributed by atoms with E-state index in [4.69, 9.17) is 4.74 Å². The van der Waals surface area contributed by atoms with Crippen LogP contribution >= 0.6 is 11.3 Å². The van der Waals surface area contributed by atoms with Crippen LogP contribution in [0.4, 0.5) is 0 Å². The minimum atomic E-state index is -0.357. The number of ether oxygens (including phenoxy) is 1. The van der Waals surface area contributed by atoms with Gasteiger partial charge in [-0.25, -0.2) is 9.78 Å². The van der Waals surface area contributed by atoms with Gasteiger partial charge in [-0.15, -0.1) is 11.3 Å². The van der Waals surface area contributed by atoms with Gasteiger partial charge in [-0.05, 0) is 36.8 Å². The lowest BCUT2D eigenvalue weighted by Crippen LogP contribution is -2.00. The van der Waals surface area contributed by atoms with E-state index in [9.17, 15) is 9.59 Å². The fraction of sp³-hybridized carbons (Fsp3) is 0.211. The molecule has 4 nitrogen and oxygen atoms in total. The zero-order chi connectivity index (χ0) is 17.1. The molecule has 0 aliphatic rings. The van der Waals surface area contributed by atoms with Crippen LogP contribution in [-0.4, -0.2) is 23.8 Å². The molecular formula is C19H17NO3S. The number of carbonyl (C=O) groups excluding carboxylic acids is 2. The standard InChI is InChI=1S/C19H17NO3S/c1-3-4-16(21)14-9-10-15-17(11-14)24-18(20-15)12-5-7-13(8-6-12)19(22)23-2/h5-11H,3-4H2,1-2H3. The number of thiazole rings is 1. The Kier molecular flexibility index (Phi) is 4.71. The molecule has 1 heterocycles. The maximum Gasteiger partial charge on any atom is 0.337 e. The second-order valence-electron chi connectivity index (χ2n) is 5.44. The minimum absolute atomic E-state index is 0.164. The van der Waals surface area contributed by atoms with E-state index in [2.05, 4.69) is 4.98 Å². The Balaban J connectivity index is 1.93. The average Bonchev–Trinajstić information content (AvgIpc) is 3.04. The first kappa shape index (κ1) is 16.3. The predicted molar refractivity (Wildman–Crippen MR) is 95.6 cm³/mol. The summed E-state index contributed by atoms with van der Waals surface area (Å²) in [7, 11) is 1.36. The molecule has 3 rings (SSSR count). The van der Waals surface area contributed by atoms with Gasteiger partial charge in [0, 0.05) is 17.5 Å². The highest BCUT2D eigenvalue weighted by Gasteiger charge is 2.11. The van der Waals surface area contributed by atoms with Gasteiger partial charge in [0.1, 0.15) is 5.01 Å². The van der Waals surface area contributed by atoms with Crippen LogP contribution in [0.1, 0.15) is 40.5 Å². The van der Waals surface area contributed by atoms with E-state index < -0.39 is 0 Å². The number of ketones is 1. The number of esters is 1. The molecule has 0 saturated carbocycles. The van der Waals surface area contributed by atoms with Gasteiger partial charge < -0.3 is 4.74 Å². The number of benzene rings is 2. The number of carbonyl (C=O) groups is 2. The molecule has 0 saturated heterocycles. The lowest BCUT2D eigenvalue weighted by atomic mass is 10.1. The van der Waals surface area contributed by atoms with E-state index in [0.29, 0.717) is 12.0 Å². The van der Waals surface area contributed by atoms with Crippen molar-refractivity contribution in [2.45, 2.75) is 19.8 Å². The molecule has 0 aliphatic heterocycles. The summed E-state index contributed by atoms with van der Waals surface area (Å²) < 4.78 is 5.69. The topological polar surface area (TPSA) is 56.3 Å². The average molecular weight is 339 g/mol. The normalized spacial score (nSPS) is 10.8. The van der Waals surface area contributed by atoms with Gasteiger partial charge in [-0.2, -0.15) is 0 Å².